The average molecular weight is 447 g/mol. The van der Waals surface area contributed by atoms with Crippen molar-refractivity contribution in [3.05, 3.63) is 45.8 Å². The zero-order chi connectivity index (χ0) is 21.2. The third-order valence-corrected chi connectivity index (χ3v) is 7.28. The standard InChI is InChI=1S/C19H28Cl2N4O2S/c1-13(2)18(23(4)5)11-25(10-15-7-8-16(20)17(21)9-15)28(26,27)19-12-24(6)14(3)22-19/h7-9,12-13,18H,10-11H2,1-6H3. The Balaban J connectivity index is 2.46. The Morgan fingerprint density at radius 3 is 2.29 bits per heavy atom. The smallest absolute Gasteiger partial charge is 0.262 e. The first kappa shape index (κ1) is 23.2. The molecule has 0 N–H and O–H groups in total. The molecule has 0 saturated heterocycles. The lowest BCUT2D eigenvalue weighted by atomic mass is 10.0. The molecule has 6 nitrogen and oxygen atoms in total. The molecule has 0 aliphatic carbocycles. The van der Waals surface area contributed by atoms with Crippen molar-refractivity contribution in [1.29, 1.82) is 0 Å². The first-order valence-electron chi connectivity index (χ1n) is 9.04. The number of aromatic nitrogens is 2. The number of benzene rings is 1. The van der Waals surface area contributed by atoms with Gasteiger partial charge in [-0.15, -0.1) is 0 Å². The highest BCUT2D eigenvalue weighted by Gasteiger charge is 2.31. The number of nitrogens with zero attached hydrogens (tertiary/aromatic N) is 4. The van der Waals surface area contributed by atoms with Crippen molar-refractivity contribution in [2.75, 3.05) is 20.6 Å². The normalized spacial score (nSPS) is 13.7. The maximum absolute atomic E-state index is 13.4. The van der Waals surface area contributed by atoms with Crippen molar-refractivity contribution in [3.8, 4) is 0 Å². The van der Waals surface area contributed by atoms with Gasteiger partial charge in [-0.1, -0.05) is 43.1 Å². The molecule has 1 unspecified atom stereocenters. The van der Waals surface area contributed by atoms with E-state index < -0.39 is 10.0 Å². The summed E-state index contributed by atoms with van der Waals surface area (Å²) in [6.07, 6.45) is 1.55. The molecule has 156 valence electrons. The van der Waals surface area contributed by atoms with E-state index in [9.17, 15) is 8.42 Å². The SMILES string of the molecule is Cc1nc(S(=O)(=O)N(Cc2ccc(Cl)c(Cl)c2)CC(C(C)C)N(C)C)cn1C. The second-order valence-electron chi connectivity index (χ2n) is 7.56. The molecule has 28 heavy (non-hydrogen) atoms. The van der Waals surface area contributed by atoms with Gasteiger partial charge >= 0.3 is 0 Å². The van der Waals surface area contributed by atoms with Gasteiger partial charge in [-0.05, 0) is 44.6 Å². The third-order valence-electron chi connectivity index (χ3n) is 4.86. The molecular weight excluding hydrogens is 419 g/mol. The number of imidazole rings is 1. The van der Waals surface area contributed by atoms with E-state index in [2.05, 4.69) is 18.8 Å². The van der Waals surface area contributed by atoms with Gasteiger partial charge in [-0.25, -0.2) is 13.4 Å². The minimum Gasteiger partial charge on any atom is -0.337 e. The molecule has 1 aromatic heterocycles. The monoisotopic (exact) mass is 446 g/mol. The van der Waals surface area contributed by atoms with Crippen molar-refractivity contribution in [1.82, 2.24) is 18.8 Å². The molecule has 0 radical (unpaired) electrons. The van der Waals surface area contributed by atoms with E-state index >= 15 is 0 Å². The summed E-state index contributed by atoms with van der Waals surface area (Å²) in [7, 11) is 1.91. The summed E-state index contributed by atoms with van der Waals surface area (Å²) < 4.78 is 30.0. The second kappa shape index (κ2) is 9.13. The molecule has 0 aliphatic rings. The number of hydrogen-bond donors (Lipinski definition) is 0. The summed E-state index contributed by atoms with van der Waals surface area (Å²) in [6.45, 7) is 6.47. The summed E-state index contributed by atoms with van der Waals surface area (Å²) >= 11 is 12.1. The van der Waals surface area contributed by atoms with Crippen molar-refractivity contribution < 1.29 is 8.42 Å². The van der Waals surface area contributed by atoms with Crippen LogP contribution in [0.3, 0.4) is 0 Å². The molecule has 1 aromatic carbocycles. The lowest BCUT2D eigenvalue weighted by Crippen LogP contribution is -2.45. The largest absolute Gasteiger partial charge is 0.337 e. The van der Waals surface area contributed by atoms with Crippen LogP contribution in [0, 0.1) is 12.8 Å². The number of sulfonamides is 1. The van der Waals surface area contributed by atoms with E-state index in [0.29, 0.717) is 22.4 Å². The molecule has 0 aliphatic heterocycles. The van der Waals surface area contributed by atoms with Gasteiger partial charge in [0.1, 0.15) is 5.82 Å². The maximum Gasteiger partial charge on any atom is 0.262 e. The Labute approximate surface area is 178 Å². The van der Waals surface area contributed by atoms with E-state index in [0.717, 1.165) is 5.56 Å². The Kier molecular flexibility index (Phi) is 7.56. The average Bonchev–Trinajstić information content (AvgIpc) is 2.93. The molecule has 0 amide bonds. The predicted molar refractivity (Wildman–Crippen MR) is 114 cm³/mol. The van der Waals surface area contributed by atoms with Crippen LogP contribution in [0.2, 0.25) is 10.0 Å². The van der Waals surface area contributed by atoms with Crippen LogP contribution in [0.15, 0.2) is 29.4 Å². The van der Waals surface area contributed by atoms with Crippen molar-refractivity contribution in [2.24, 2.45) is 13.0 Å². The molecule has 2 rings (SSSR count). The van der Waals surface area contributed by atoms with Gasteiger partial charge in [0.25, 0.3) is 10.0 Å². The summed E-state index contributed by atoms with van der Waals surface area (Å²) in [5.74, 6) is 0.910. The Morgan fingerprint density at radius 1 is 1.18 bits per heavy atom. The Hall–Kier alpha value is -1.12. The number of likely N-dealkylation sites (N-methyl/N-ethyl adjacent to an activating group) is 1. The van der Waals surface area contributed by atoms with Gasteiger partial charge in [0.15, 0.2) is 5.03 Å². The Bertz CT molecular complexity index is 899. The van der Waals surface area contributed by atoms with Crippen LogP contribution in [0.1, 0.15) is 25.2 Å². The Morgan fingerprint density at radius 2 is 1.82 bits per heavy atom. The van der Waals surface area contributed by atoms with Crippen molar-refractivity contribution in [3.63, 3.8) is 0 Å². The topological polar surface area (TPSA) is 58.4 Å². The molecule has 0 saturated carbocycles. The van der Waals surface area contributed by atoms with E-state index in [-0.39, 0.29) is 23.5 Å². The summed E-state index contributed by atoms with van der Waals surface area (Å²) in [5, 5.41) is 0.889. The van der Waals surface area contributed by atoms with Gasteiger partial charge < -0.3 is 9.47 Å². The van der Waals surface area contributed by atoms with E-state index in [1.807, 2.05) is 19.0 Å². The molecule has 9 heteroatoms. The highest BCUT2D eigenvalue weighted by molar-refractivity contribution is 7.89. The lowest BCUT2D eigenvalue weighted by molar-refractivity contribution is 0.190. The molecule has 1 atom stereocenters. The van der Waals surface area contributed by atoms with Gasteiger partial charge in [0, 0.05) is 32.4 Å². The van der Waals surface area contributed by atoms with Gasteiger partial charge in [0.05, 0.1) is 10.0 Å². The summed E-state index contributed by atoms with van der Waals surface area (Å²) in [4.78, 5) is 6.29. The van der Waals surface area contributed by atoms with E-state index in [1.54, 1.807) is 42.9 Å². The number of hydrogen-bond acceptors (Lipinski definition) is 4. The predicted octanol–water partition coefficient (Wildman–Crippen LogP) is 3.81. The zero-order valence-corrected chi connectivity index (χ0v) is 19.5. The van der Waals surface area contributed by atoms with Crippen molar-refractivity contribution in [2.45, 2.75) is 38.4 Å². The van der Waals surface area contributed by atoms with Crippen LogP contribution in [0.25, 0.3) is 0 Å². The quantitative estimate of drug-likeness (QED) is 0.618. The van der Waals surface area contributed by atoms with Crippen LogP contribution in [0.5, 0.6) is 0 Å². The number of halogens is 2. The van der Waals surface area contributed by atoms with Gasteiger partial charge in [-0.2, -0.15) is 4.31 Å². The van der Waals surface area contributed by atoms with E-state index in [1.165, 1.54) is 4.31 Å². The minimum absolute atomic E-state index is 0.0438. The number of aryl methyl sites for hydroxylation is 2. The fourth-order valence-corrected chi connectivity index (χ4v) is 4.84. The van der Waals surface area contributed by atoms with Crippen molar-refractivity contribution >= 4 is 33.2 Å². The van der Waals surface area contributed by atoms with E-state index in [4.69, 9.17) is 23.2 Å². The third kappa shape index (κ3) is 5.27. The van der Waals surface area contributed by atoms with Crippen LogP contribution < -0.4 is 0 Å². The zero-order valence-electron chi connectivity index (χ0n) is 17.1. The molecule has 0 spiro atoms. The van der Waals surface area contributed by atoms with Gasteiger partial charge in [-0.3, -0.25) is 0 Å². The molecule has 0 fully saturated rings. The fraction of sp³-hybridized carbons (Fsp3) is 0.526. The first-order chi connectivity index (χ1) is 12.9. The second-order valence-corrected chi connectivity index (χ2v) is 10.3. The molecule has 0 bridgehead atoms. The maximum atomic E-state index is 13.4. The highest BCUT2D eigenvalue weighted by Crippen LogP contribution is 2.26. The molecular formula is C19H28Cl2N4O2S. The number of rotatable bonds is 8. The first-order valence-corrected chi connectivity index (χ1v) is 11.2. The highest BCUT2D eigenvalue weighted by atomic mass is 35.5. The van der Waals surface area contributed by atoms with Crippen LogP contribution in [0.4, 0.5) is 0 Å². The van der Waals surface area contributed by atoms with Gasteiger partial charge in [0.2, 0.25) is 0 Å². The van der Waals surface area contributed by atoms with Crippen LogP contribution in [-0.2, 0) is 23.6 Å². The molecule has 1 heterocycles. The minimum atomic E-state index is -3.79. The lowest BCUT2D eigenvalue weighted by Gasteiger charge is -2.33. The van der Waals surface area contributed by atoms with Crippen LogP contribution in [-0.4, -0.2) is 53.9 Å². The summed E-state index contributed by atoms with van der Waals surface area (Å²) in [6, 6.07) is 5.22. The molecule has 2 aromatic rings. The van der Waals surface area contributed by atoms with Crippen LogP contribution >= 0.6 is 23.2 Å². The summed E-state index contributed by atoms with van der Waals surface area (Å²) in [5.41, 5.74) is 0.770. The fourth-order valence-electron chi connectivity index (χ4n) is 3.05.